The lowest BCUT2D eigenvalue weighted by atomic mass is 10.1. The summed E-state index contributed by atoms with van der Waals surface area (Å²) in [5, 5.41) is 1.50. The number of pyridine rings is 1. The Morgan fingerprint density at radius 3 is 2.79 bits per heavy atom. The normalized spacial score (nSPS) is 16.3. The van der Waals surface area contributed by atoms with Crippen LogP contribution in [-0.2, 0) is 16.1 Å². The summed E-state index contributed by atoms with van der Waals surface area (Å²) in [6, 6.07) is 12.4. The molecule has 2 aromatic rings. The maximum atomic E-state index is 11.9. The number of nitrogens with zero attached hydrogens (tertiary/aromatic N) is 2. The Morgan fingerprint density at radius 2 is 2.07 bits per heavy atom. The molecule has 1 aliphatic heterocycles. The molecule has 0 radical (unpaired) electrons. The minimum atomic E-state index is -0.115. The fourth-order valence-electron chi connectivity index (χ4n) is 3.56. The lowest BCUT2D eigenvalue weighted by Crippen LogP contribution is -2.31. The molecule has 29 heavy (non-hydrogen) atoms. The van der Waals surface area contributed by atoms with Crippen LogP contribution >= 0.6 is 11.8 Å². The van der Waals surface area contributed by atoms with Crippen molar-refractivity contribution >= 4 is 23.4 Å². The predicted molar refractivity (Wildman–Crippen MR) is 118 cm³/mol. The minimum absolute atomic E-state index is 0.115. The zero-order valence-electron chi connectivity index (χ0n) is 17.5. The Kier molecular flexibility index (Phi) is 7.81. The largest absolute Gasteiger partial charge is 0.489 e. The molecule has 0 saturated carbocycles. The van der Waals surface area contributed by atoms with Gasteiger partial charge in [0.15, 0.2) is 0 Å². The van der Waals surface area contributed by atoms with E-state index in [1.165, 1.54) is 0 Å². The smallest absolute Gasteiger partial charge is 0.307 e. The molecule has 1 saturated heterocycles. The third-order valence-corrected chi connectivity index (χ3v) is 5.91. The number of rotatable bonds is 9. The molecule has 3 rings (SSSR count). The van der Waals surface area contributed by atoms with Crippen LogP contribution in [0.3, 0.4) is 0 Å². The summed E-state index contributed by atoms with van der Waals surface area (Å²) < 4.78 is 11.1. The van der Waals surface area contributed by atoms with Crippen molar-refractivity contribution < 1.29 is 14.3 Å². The highest BCUT2D eigenvalue weighted by molar-refractivity contribution is 7.99. The summed E-state index contributed by atoms with van der Waals surface area (Å²) in [5.74, 6) is 0.718. The van der Waals surface area contributed by atoms with Crippen LogP contribution in [0.4, 0.5) is 5.69 Å². The van der Waals surface area contributed by atoms with Gasteiger partial charge in [0.1, 0.15) is 17.4 Å². The van der Waals surface area contributed by atoms with E-state index in [1.54, 1.807) is 11.8 Å². The van der Waals surface area contributed by atoms with Crippen molar-refractivity contribution in [1.82, 2.24) is 4.98 Å². The van der Waals surface area contributed by atoms with E-state index in [2.05, 4.69) is 41.9 Å². The summed E-state index contributed by atoms with van der Waals surface area (Å²) >= 11 is 1.75. The molecule has 1 fully saturated rings. The van der Waals surface area contributed by atoms with Crippen molar-refractivity contribution in [3.05, 3.63) is 48.2 Å². The Labute approximate surface area is 177 Å². The van der Waals surface area contributed by atoms with E-state index in [4.69, 9.17) is 9.47 Å². The van der Waals surface area contributed by atoms with Crippen molar-refractivity contribution in [1.29, 1.82) is 0 Å². The second-order valence-corrected chi connectivity index (χ2v) is 8.98. The van der Waals surface area contributed by atoms with E-state index in [0.29, 0.717) is 24.9 Å². The lowest BCUT2D eigenvalue weighted by Gasteiger charge is -2.26. The molecular weight excluding hydrogens is 384 g/mol. The molecule has 5 nitrogen and oxygen atoms in total. The second kappa shape index (κ2) is 10.5. The molecule has 1 aromatic heterocycles. The van der Waals surface area contributed by atoms with Gasteiger partial charge in [0.25, 0.3) is 0 Å². The fraction of sp³-hybridized carbons (Fsp3) is 0.478. The van der Waals surface area contributed by atoms with Gasteiger partial charge in [-0.15, -0.1) is 11.8 Å². The third-order valence-electron chi connectivity index (χ3n) is 4.84. The molecule has 1 aromatic carbocycles. The zero-order chi connectivity index (χ0) is 20.6. The number of hydrogen-bond donors (Lipinski definition) is 0. The number of benzene rings is 1. The van der Waals surface area contributed by atoms with Crippen LogP contribution in [0, 0.1) is 0 Å². The van der Waals surface area contributed by atoms with Crippen LogP contribution in [0.5, 0.6) is 5.75 Å². The molecule has 0 bridgehead atoms. The number of anilines is 1. The summed E-state index contributed by atoms with van der Waals surface area (Å²) in [7, 11) is 0. The molecule has 0 spiro atoms. The number of aromatic nitrogens is 1. The van der Waals surface area contributed by atoms with Crippen molar-refractivity contribution in [2.75, 3.05) is 18.1 Å². The zero-order valence-corrected chi connectivity index (χ0v) is 18.3. The average molecular weight is 415 g/mol. The first-order chi connectivity index (χ1) is 14.1. The van der Waals surface area contributed by atoms with Crippen LogP contribution < -0.4 is 9.64 Å². The SMILES string of the molecule is CCOC(=O)CC1CCCN1c1ccc(OCc2cccnc2SC(C)C)cc1. The number of esters is 1. The molecule has 156 valence electrons. The topological polar surface area (TPSA) is 51.7 Å². The van der Waals surface area contributed by atoms with E-state index in [9.17, 15) is 4.79 Å². The molecule has 0 aliphatic carbocycles. The van der Waals surface area contributed by atoms with Gasteiger partial charge in [0, 0.05) is 35.3 Å². The molecular formula is C23H30N2O3S. The van der Waals surface area contributed by atoms with Crippen LogP contribution in [-0.4, -0.2) is 35.4 Å². The minimum Gasteiger partial charge on any atom is -0.489 e. The summed E-state index contributed by atoms with van der Waals surface area (Å²) in [6.07, 6.45) is 4.39. The molecule has 6 heteroatoms. The Bertz CT molecular complexity index is 795. The number of thioether (sulfide) groups is 1. The lowest BCUT2D eigenvalue weighted by molar-refractivity contribution is -0.143. The number of carbonyl (C=O) groups excluding carboxylic acids is 1. The molecule has 1 unspecified atom stereocenters. The quantitative estimate of drug-likeness (QED) is 0.421. The Morgan fingerprint density at radius 1 is 1.28 bits per heavy atom. The standard InChI is InChI=1S/C23H30N2O3S/c1-4-27-22(26)15-20-8-6-14-25(20)19-9-11-21(12-10-19)28-16-18-7-5-13-24-23(18)29-17(2)3/h5,7,9-13,17,20H,4,6,8,14-16H2,1-3H3. The highest BCUT2D eigenvalue weighted by Gasteiger charge is 2.27. The first-order valence-electron chi connectivity index (χ1n) is 10.3. The van der Waals surface area contributed by atoms with E-state index in [1.807, 2.05) is 31.3 Å². The molecule has 2 heterocycles. The summed E-state index contributed by atoms with van der Waals surface area (Å²) in [5.41, 5.74) is 2.23. The van der Waals surface area contributed by atoms with E-state index < -0.39 is 0 Å². The first kappa shape index (κ1) is 21.5. The average Bonchev–Trinajstić information content (AvgIpc) is 3.15. The van der Waals surface area contributed by atoms with Gasteiger partial charge in [-0.2, -0.15) is 0 Å². The Balaban J connectivity index is 1.60. The number of ether oxygens (including phenoxy) is 2. The van der Waals surface area contributed by atoms with Gasteiger partial charge in [0.05, 0.1) is 13.0 Å². The van der Waals surface area contributed by atoms with Gasteiger partial charge in [0.2, 0.25) is 0 Å². The highest BCUT2D eigenvalue weighted by Crippen LogP contribution is 2.30. The van der Waals surface area contributed by atoms with Gasteiger partial charge in [-0.25, -0.2) is 4.98 Å². The van der Waals surface area contributed by atoms with E-state index in [-0.39, 0.29) is 12.0 Å². The maximum absolute atomic E-state index is 11.9. The van der Waals surface area contributed by atoms with Crippen molar-refractivity contribution in [2.45, 2.75) is 63.0 Å². The van der Waals surface area contributed by atoms with Crippen LogP contribution in [0.1, 0.15) is 45.6 Å². The highest BCUT2D eigenvalue weighted by atomic mass is 32.2. The van der Waals surface area contributed by atoms with Gasteiger partial charge in [-0.05, 0) is 50.1 Å². The Hall–Kier alpha value is -2.21. The van der Waals surface area contributed by atoms with Gasteiger partial charge < -0.3 is 14.4 Å². The van der Waals surface area contributed by atoms with E-state index >= 15 is 0 Å². The van der Waals surface area contributed by atoms with Crippen molar-refractivity contribution in [3.8, 4) is 5.75 Å². The second-order valence-electron chi connectivity index (χ2n) is 7.42. The van der Waals surface area contributed by atoms with Gasteiger partial charge in [-0.1, -0.05) is 19.9 Å². The van der Waals surface area contributed by atoms with Crippen LogP contribution in [0.2, 0.25) is 0 Å². The molecule has 0 amide bonds. The van der Waals surface area contributed by atoms with Gasteiger partial charge >= 0.3 is 5.97 Å². The first-order valence-corrected chi connectivity index (χ1v) is 11.2. The third kappa shape index (κ3) is 6.13. The van der Waals surface area contributed by atoms with Crippen LogP contribution in [0.25, 0.3) is 0 Å². The molecule has 0 N–H and O–H groups in total. The molecule has 1 aliphatic rings. The number of hydrogen-bond acceptors (Lipinski definition) is 6. The fourth-order valence-corrected chi connectivity index (χ4v) is 4.40. The summed E-state index contributed by atoms with van der Waals surface area (Å²) in [4.78, 5) is 18.7. The van der Waals surface area contributed by atoms with Gasteiger partial charge in [-0.3, -0.25) is 4.79 Å². The maximum Gasteiger partial charge on any atom is 0.307 e. The number of carbonyl (C=O) groups is 1. The molecule has 1 atom stereocenters. The van der Waals surface area contributed by atoms with Crippen LogP contribution in [0.15, 0.2) is 47.6 Å². The van der Waals surface area contributed by atoms with Crippen molar-refractivity contribution in [2.24, 2.45) is 0 Å². The van der Waals surface area contributed by atoms with E-state index in [0.717, 1.165) is 41.4 Å². The van der Waals surface area contributed by atoms with Crippen molar-refractivity contribution in [3.63, 3.8) is 0 Å². The monoisotopic (exact) mass is 414 g/mol. The predicted octanol–water partition coefficient (Wildman–Crippen LogP) is 5.08. The summed E-state index contributed by atoms with van der Waals surface area (Å²) in [6.45, 7) is 8.07.